The van der Waals surface area contributed by atoms with Gasteiger partial charge in [-0.2, -0.15) is 0 Å². The standard InChI is InChI=1S/C16H15ClN2O2/c1-2-16-19-13-8-10(6-7-15(13)21-16)18-9-11-12(17)4-3-5-14(11)20/h3-8,18,20H,2,9H2,1H3. The van der Waals surface area contributed by atoms with E-state index in [0.29, 0.717) is 17.1 Å². The molecule has 1 heterocycles. The number of rotatable bonds is 4. The molecule has 0 radical (unpaired) electrons. The van der Waals surface area contributed by atoms with Gasteiger partial charge in [0.2, 0.25) is 0 Å². The van der Waals surface area contributed by atoms with E-state index in [0.717, 1.165) is 29.1 Å². The maximum atomic E-state index is 9.82. The van der Waals surface area contributed by atoms with E-state index in [2.05, 4.69) is 10.3 Å². The fourth-order valence-corrected chi connectivity index (χ4v) is 2.39. The van der Waals surface area contributed by atoms with Crippen LogP contribution in [0, 0.1) is 0 Å². The van der Waals surface area contributed by atoms with Gasteiger partial charge in [0.05, 0.1) is 0 Å². The smallest absolute Gasteiger partial charge is 0.195 e. The molecule has 0 saturated heterocycles. The highest BCUT2D eigenvalue weighted by atomic mass is 35.5. The first-order valence-electron chi connectivity index (χ1n) is 6.77. The Bertz CT molecular complexity index is 763. The van der Waals surface area contributed by atoms with Crippen molar-refractivity contribution in [3.8, 4) is 5.75 Å². The molecule has 0 unspecified atom stereocenters. The van der Waals surface area contributed by atoms with Crippen molar-refractivity contribution in [1.29, 1.82) is 0 Å². The van der Waals surface area contributed by atoms with Crippen molar-refractivity contribution in [2.45, 2.75) is 19.9 Å². The van der Waals surface area contributed by atoms with Crippen LogP contribution in [0.1, 0.15) is 18.4 Å². The second kappa shape index (κ2) is 5.66. The molecule has 0 saturated carbocycles. The first-order valence-corrected chi connectivity index (χ1v) is 7.15. The molecule has 2 aromatic carbocycles. The van der Waals surface area contributed by atoms with E-state index in [9.17, 15) is 5.11 Å². The van der Waals surface area contributed by atoms with Crippen LogP contribution in [0.4, 0.5) is 5.69 Å². The summed E-state index contributed by atoms with van der Waals surface area (Å²) in [5.41, 5.74) is 3.17. The molecule has 0 fully saturated rings. The minimum atomic E-state index is 0.186. The monoisotopic (exact) mass is 302 g/mol. The maximum absolute atomic E-state index is 9.82. The third kappa shape index (κ3) is 2.81. The van der Waals surface area contributed by atoms with Gasteiger partial charge in [-0.1, -0.05) is 24.6 Å². The van der Waals surface area contributed by atoms with E-state index < -0.39 is 0 Å². The average Bonchev–Trinajstić information content (AvgIpc) is 2.89. The third-order valence-corrected chi connectivity index (χ3v) is 3.65. The zero-order valence-corrected chi connectivity index (χ0v) is 12.3. The van der Waals surface area contributed by atoms with E-state index in [1.165, 1.54) is 0 Å². The molecule has 0 aliphatic carbocycles. The summed E-state index contributed by atoms with van der Waals surface area (Å²) >= 11 is 6.09. The summed E-state index contributed by atoms with van der Waals surface area (Å²) in [7, 11) is 0. The number of benzene rings is 2. The number of nitrogens with zero attached hydrogens (tertiary/aromatic N) is 1. The molecular formula is C16H15ClN2O2. The number of aromatic nitrogens is 1. The Morgan fingerprint density at radius 1 is 1.29 bits per heavy atom. The predicted octanol–water partition coefficient (Wildman–Crippen LogP) is 4.36. The number of aryl methyl sites for hydroxylation is 1. The van der Waals surface area contributed by atoms with E-state index in [1.807, 2.05) is 25.1 Å². The van der Waals surface area contributed by atoms with Gasteiger partial charge in [0.25, 0.3) is 0 Å². The molecular weight excluding hydrogens is 288 g/mol. The molecule has 21 heavy (non-hydrogen) atoms. The molecule has 108 valence electrons. The van der Waals surface area contributed by atoms with Gasteiger partial charge in [0.15, 0.2) is 11.5 Å². The number of hydrogen-bond donors (Lipinski definition) is 2. The lowest BCUT2D eigenvalue weighted by molar-refractivity contribution is 0.469. The van der Waals surface area contributed by atoms with Crippen LogP contribution in [0.25, 0.3) is 11.1 Å². The summed E-state index contributed by atoms with van der Waals surface area (Å²) in [6.07, 6.45) is 0.769. The first-order chi connectivity index (χ1) is 10.2. The lowest BCUT2D eigenvalue weighted by atomic mass is 10.2. The zero-order chi connectivity index (χ0) is 14.8. The number of phenols is 1. The number of halogens is 1. The van der Waals surface area contributed by atoms with Crippen LogP contribution in [-0.2, 0) is 13.0 Å². The average molecular weight is 303 g/mol. The van der Waals surface area contributed by atoms with Crippen LogP contribution in [0.5, 0.6) is 5.75 Å². The number of phenolic OH excluding ortho intramolecular Hbond substituents is 1. The molecule has 0 bridgehead atoms. The van der Waals surface area contributed by atoms with Gasteiger partial charge >= 0.3 is 0 Å². The lowest BCUT2D eigenvalue weighted by Gasteiger charge is -2.09. The highest BCUT2D eigenvalue weighted by Gasteiger charge is 2.08. The van der Waals surface area contributed by atoms with Crippen molar-refractivity contribution < 1.29 is 9.52 Å². The highest BCUT2D eigenvalue weighted by Crippen LogP contribution is 2.27. The molecule has 2 N–H and O–H groups in total. The molecule has 5 heteroatoms. The van der Waals surface area contributed by atoms with Crippen LogP contribution in [0.15, 0.2) is 40.8 Å². The molecule has 0 amide bonds. The molecule has 0 aliphatic rings. The minimum Gasteiger partial charge on any atom is -0.508 e. The summed E-state index contributed by atoms with van der Waals surface area (Å²) in [4.78, 5) is 4.40. The van der Waals surface area contributed by atoms with E-state index in [1.54, 1.807) is 18.2 Å². The van der Waals surface area contributed by atoms with Crippen LogP contribution in [-0.4, -0.2) is 10.1 Å². The molecule has 1 aromatic heterocycles. The van der Waals surface area contributed by atoms with E-state index in [4.69, 9.17) is 16.0 Å². The second-order valence-electron chi connectivity index (χ2n) is 4.73. The Morgan fingerprint density at radius 2 is 2.14 bits per heavy atom. The maximum Gasteiger partial charge on any atom is 0.195 e. The predicted molar refractivity (Wildman–Crippen MR) is 83.8 cm³/mol. The fourth-order valence-electron chi connectivity index (χ4n) is 2.15. The van der Waals surface area contributed by atoms with Crippen molar-refractivity contribution in [2.24, 2.45) is 0 Å². The van der Waals surface area contributed by atoms with Crippen LogP contribution >= 0.6 is 11.6 Å². The van der Waals surface area contributed by atoms with Gasteiger partial charge in [0, 0.05) is 29.2 Å². The number of oxazole rings is 1. The number of hydrogen-bond acceptors (Lipinski definition) is 4. The molecule has 3 rings (SSSR count). The van der Waals surface area contributed by atoms with Gasteiger partial charge in [-0.15, -0.1) is 0 Å². The lowest BCUT2D eigenvalue weighted by Crippen LogP contribution is -2.00. The van der Waals surface area contributed by atoms with Gasteiger partial charge in [-0.05, 0) is 30.3 Å². The van der Waals surface area contributed by atoms with Gasteiger partial charge in [-0.25, -0.2) is 4.98 Å². The Hall–Kier alpha value is -2.20. The van der Waals surface area contributed by atoms with E-state index >= 15 is 0 Å². The Morgan fingerprint density at radius 3 is 2.90 bits per heavy atom. The van der Waals surface area contributed by atoms with Crippen molar-refractivity contribution in [2.75, 3.05) is 5.32 Å². The number of nitrogens with one attached hydrogen (secondary N) is 1. The third-order valence-electron chi connectivity index (χ3n) is 3.30. The summed E-state index contributed by atoms with van der Waals surface area (Å²) in [6, 6.07) is 10.8. The van der Waals surface area contributed by atoms with Gasteiger partial charge in [0.1, 0.15) is 11.3 Å². The van der Waals surface area contributed by atoms with Gasteiger partial charge in [-0.3, -0.25) is 0 Å². The van der Waals surface area contributed by atoms with Crippen molar-refractivity contribution >= 4 is 28.4 Å². The molecule has 0 aliphatic heterocycles. The van der Waals surface area contributed by atoms with Crippen LogP contribution in [0.2, 0.25) is 5.02 Å². The quantitative estimate of drug-likeness (QED) is 0.751. The van der Waals surface area contributed by atoms with E-state index in [-0.39, 0.29) is 5.75 Å². The van der Waals surface area contributed by atoms with Crippen molar-refractivity contribution in [3.05, 3.63) is 52.9 Å². The summed E-state index contributed by atoms with van der Waals surface area (Å²) in [5.74, 6) is 0.914. The summed E-state index contributed by atoms with van der Waals surface area (Å²) in [6.45, 7) is 2.44. The summed E-state index contributed by atoms with van der Waals surface area (Å²) in [5, 5.41) is 13.6. The Balaban J connectivity index is 1.82. The number of fused-ring (bicyclic) bond motifs is 1. The molecule has 0 spiro atoms. The number of anilines is 1. The first kappa shape index (κ1) is 13.8. The SMILES string of the molecule is CCc1nc2cc(NCc3c(O)cccc3Cl)ccc2o1. The number of aromatic hydroxyl groups is 1. The zero-order valence-electron chi connectivity index (χ0n) is 11.6. The van der Waals surface area contributed by atoms with Crippen molar-refractivity contribution in [3.63, 3.8) is 0 Å². The largest absolute Gasteiger partial charge is 0.508 e. The second-order valence-corrected chi connectivity index (χ2v) is 5.14. The molecule has 0 atom stereocenters. The fraction of sp³-hybridized carbons (Fsp3) is 0.188. The van der Waals surface area contributed by atoms with Crippen LogP contribution < -0.4 is 5.32 Å². The Kier molecular flexibility index (Phi) is 3.71. The Labute approximate surface area is 127 Å². The normalized spacial score (nSPS) is 11.0. The highest BCUT2D eigenvalue weighted by molar-refractivity contribution is 6.31. The topological polar surface area (TPSA) is 58.3 Å². The molecule has 3 aromatic rings. The molecule has 4 nitrogen and oxygen atoms in total. The van der Waals surface area contributed by atoms with Gasteiger partial charge < -0.3 is 14.8 Å². The summed E-state index contributed by atoms with van der Waals surface area (Å²) < 4.78 is 5.57. The van der Waals surface area contributed by atoms with Crippen molar-refractivity contribution in [1.82, 2.24) is 4.98 Å². The minimum absolute atomic E-state index is 0.186. The van der Waals surface area contributed by atoms with Crippen LogP contribution in [0.3, 0.4) is 0 Å².